The van der Waals surface area contributed by atoms with Crippen molar-refractivity contribution < 1.29 is 14.2 Å². The fourth-order valence-electron chi connectivity index (χ4n) is 2.29. The lowest BCUT2D eigenvalue weighted by Crippen LogP contribution is -2.33. The van der Waals surface area contributed by atoms with Crippen molar-refractivity contribution in [3.8, 4) is 17.2 Å². The molecule has 0 radical (unpaired) electrons. The largest absolute Gasteiger partial charge is 0.493 e. The summed E-state index contributed by atoms with van der Waals surface area (Å²) < 4.78 is 16.2. The van der Waals surface area contributed by atoms with Crippen LogP contribution in [0.2, 0.25) is 0 Å². The number of hydrogen-bond donors (Lipinski definition) is 1. The zero-order valence-corrected chi connectivity index (χ0v) is 14.7. The first-order valence-electron chi connectivity index (χ1n) is 7.16. The van der Waals surface area contributed by atoms with E-state index in [1.165, 1.54) is 0 Å². The van der Waals surface area contributed by atoms with Gasteiger partial charge in [-0.15, -0.1) is 0 Å². The van der Waals surface area contributed by atoms with Crippen LogP contribution >= 0.6 is 11.8 Å². The minimum atomic E-state index is 0.218. The highest BCUT2D eigenvalue weighted by molar-refractivity contribution is 7.98. The highest BCUT2D eigenvalue weighted by Gasteiger charge is 2.18. The van der Waals surface area contributed by atoms with Crippen LogP contribution in [0.25, 0.3) is 0 Å². The molecule has 1 aromatic rings. The molecule has 0 aliphatic rings. The molecule has 1 aromatic carbocycles. The molecule has 0 amide bonds. The molecule has 0 bridgehead atoms. The number of rotatable bonds is 9. The van der Waals surface area contributed by atoms with Crippen molar-refractivity contribution in [1.29, 1.82) is 0 Å². The summed E-state index contributed by atoms with van der Waals surface area (Å²) in [5.74, 6) is 3.12. The molecule has 21 heavy (non-hydrogen) atoms. The summed E-state index contributed by atoms with van der Waals surface area (Å²) in [6.07, 6.45) is 3.24. The first kappa shape index (κ1) is 18.0. The maximum absolute atomic E-state index is 5.41. The number of nitrogens with one attached hydrogen (secondary N) is 1. The van der Waals surface area contributed by atoms with Gasteiger partial charge in [0.05, 0.1) is 21.3 Å². The van der Waals surface area contributed by atoms with E-state index in [4.69, 9.17) is 14.2 Å². The molecular weight excluding hydrogens is 286 g/mol. The predicted octanol–water partition coefficient (Wildman–Crippen LogP) is 3.50. The SMILES string of the molecule is CCC(CSC)NC(C)c1cc(OC)c(OC)c(OC)c1. The quantitative estimate of drug-likeness (QED) is 0.755. The average Bonchev–Trinajstić information content (AvgIpc) is 2.52. The highest BCUT2D eigenvalue weighted by Crippen LogP contribution is 2.39. The first-order valence-corrected chi connectivity index (χ1v) is 8.55. The Labute approximate surface area is 132 Å². The third kappa shape index (κ3) is 4.71. The van der Waals surface area contributed by atoms with Gasteiger partial charge in [-0.1, -0.05) is 6.92 Å². The zero-order chi connectivity index (χ0) is 15.8. The molecule has 0 heterocycles. The van der Waals surface area contributed by atoms with Crippen molar-refractivity contribution >= 4 is 11.8 Å². The van der Waals surface area contributed by atoms with Crippen LogP contribution in [0.4, 0.5) is 0 Å². The van der Waals surface area contributed by atoms with Crippen molar-refractivity contribution in [2.45, 2.75) is 32.4 Å². The van der Waals surface area contributed by atoms with Crippen molar-refractivity contribution in [1.82, 2.24) is 5.32 Å². The van der Waals surface area contributed by atoms with E-state index in [1.807, 2.05) is 23.9 Å². The molecule has 120 valence electrons. The Balaban J connectivity index is 3.01. The van der Waals surface area contributed by atoms with Gasteiger partial charge in [-0.3, -0.25) is 0 Å². The lowest BCUT2D eigenvalue weighted by atomic mass is 10.1. The van der Waals surface area contributed by atoms with E-state index in [0.717, 1.165) is 17.7 Å². The maximum atomic E-state index is 5.41. The molecule has 0 saturated carbocycles. The Kier molecular flexibility index (Phi) is 7.75. The van der Waals surface area contributed by atoms with Crippen LogP contribution in [0.3, 0.4) is 0 Å². The third-order valence-electron chi connectivity index (χ3n) is 3.53. The minimum Gasteiger partial charge on any atom is -0.493 e. The number of ether oxygens (including phenoxy) is 3. The second-order valence-electron chi connectivity index (χ2n) is 4.91. The van der Waals surface area contributed by atoms with Gasteiger partial charge in [0.15, 0.2) is 11.5 Å². The highest BCUT2D eigenvalue weighted by atomic mass is 32.2. The molecule has 2 atom stereocenters. The molecular formula is C16H27NO3S. The van der Waals surface area contributed by atoms with Crippen molar-refractivity contribution in [3.05, 3.63) is 17.7 Å². The van der Waals surface area contributed by atoms with Crippen molar-refractivity contribution in [2.75, 3.05) is 33.3 Å². The standard InChI is InChI=1S/C16H27NO3S/c1-7-13(10-21-6)17-11(2)12-8-14(18-3)16(20-5)15(9-12)19-4/h8-9,11,13,17H,7,10H2,1-6H3. The van der Waals surface area contributed by atoms with Crippen LogP contribution in [-0.2, 0) is 0 Å². The number of hydrogen-bond acceptors (Lipinski definition) is 5. The van der Waals surface area contributed by atoms with Gasteiger partial charge in [0.1, 0.15) is 0 Å². The van der Waals surface area contributed by atoms with E-state index in [2.05, 4.69) is 25.4 Å². The summed E-state index contributed by atoms with van der Waals surface area (Å²) in [6, 6.07) is 4.72. The molecule has 1 rings (SSSR count). The van der Waals surface area contributed by atoms with Gasteiger partial charge in [0.25, 0.3) is 0 Å². The van der Waals surface area contributed by atoms with Crippen LogP contribution in [0.5, 0.6) is 17.2 Å². The molecule has 4 nitrogen and oxygen atoms in total. The van der Waals surface area contributed by atoms with Crippen LogP contribution in [0, 0.1) is 0 Å². The smallest absolute Gasteiger partial charge is 0.203 e. The molecule has 0 aliphatic heterocycles. The van der Waals surface area contributed by atoms with Gasteiger partial charge in [0.2, 0.25) is 5.75 Å². The Bertz CT molecular complexity index is 415. The van der Waals surface area contributed by atoms with Gasteiger partial charge < -0.3 is 19.5 Å². The fraction of sp³-hybridized carbons (Fsp3) is 0.625. The normalized spacial score (nSPS) is 13.6. The van der Waals surface area contributed by atoms with Gasteiger partial charge in [-0.2, -0.15) is 11.8 Å². The van der Waals surface area contributed by atoms with Gasteiger partial charge in [-0.05, 0) is 37.3 Å². The molecule has 0 spiro atoms. The summed E-state index contributed by atoms with van der Waals surface area (Å²) in [5.41, 5.74) is 1.13. The summed E-state index contributed by atoms with van der Waals surface area (Å²) in [5, 5.41) is 3.65. The second kappa shape index (κ2) is 9.05. The van der Waals surface area contributed by atoms with Gasteiger partial charge >= 0.3 is 0 Å². The Morgan fingerprint density at radius 3 is 2.05 bits per heavy atom. The van der Waals surface area contributed by atoms with Crippen LogP contribution in [-0.4, -0.2) is 39.4 Å². The Morgan fingerprint density at radius 1 is 1.10 bits per heavy atom. The van der Waals surface area contributed by atoms with E-state index in [-0.39, 0.29) is 6.04 Å². The van der Waals surface area contributed by atoms with E-state index < -0.39 is 0 Å². The summed E-state index contributed by atoms with van der Waals surface area (Å²) in [4.78, 5) is 0. The average molecular weight is 313 g/mol. The summed E-state index contributed by atoms with van der Waals surface area (Å²) in [6.45, 7) is 4.36. The number of thioether (sulfide) groups is 1. The van der Waals surface area contributed by atoms with E-state index >= 15 is 0 Å². The fourth-order valence-corrected chi connectivity index (χ4v) is 3.02. The Morgan fingerprint density at radius 2 is 1.67 bits per heavy atom. The first-order chi connectivity index (χ1) is 10.1. The monoisotopic (exact) mass is 313 g/mol. The summed E-state index contributed by atoms with van der Waals surface area (Å²) >= 11 is 1.86. The predicted molar refractivity (Wildman–Crippen MR) is 90.1 cm³/mol. The topological polar surface area (TPSA) is 39.7 Å². The number of benzene rings is 1. The molecule has 0 saturated heterocycles. The van der Waals surface area contributed by atoms with E-state index in [0.29, 0.717) is 23.3 Å². The van der Waals surface area contributed by atoms with Crippen LogP contribution < -0.4 is 19.5 Å². The lowest BCUT2D eigenvalue weighted by molar-refractivity contribution is 0.322. The van der Waals surface area contributed by atoms with Crippen LogP contribution in [0.1, 0.15) is 31.9 Å². The van der Waals surface area contributed by atoms with E-state index in [1.54, 1.807) is 21.3 Å². The van der Waals surface area contributed by atoms with Gasteiger partial charge in [0, 0.05) is 17.8 Å². The Hall–Kier alpha value is -1.07. The molecule has 0 aromatic heterocycles. The van der Waals surface area contributed by atoms with Crippen molar-refractivity contribution in [2.24, 2.45) is 0 Å². The second-order valence-corrected chi connectivity index (χ2v) is 5.82. The van der Waals surface area contributed by atoms with Crippen LogP contribution in [0.15, 0.2) is 12.1 Å². The summed E-state index contributed by atoms with van der Waals surface area (Å²) in [7, 11) is 4.90. The number of methoxy groups -OCH3 is 3. The van der Waals surface area contributed by atoms with Crippen molar-refractivity contribution in [3.63, 3.8) is 0 Å². The maximum Gasteiger partial charge on any atom is 0.203 e. The molecule has 5 heteroatoms. The van der Waals surface area contributed by atoms with Gasteiger partial charge in [-0.25, -0.2) is 0 Å². The zero-order valence-electron chi connectivity index (χ0n) is 13.9. The minimum absolute atomic E-state index is 0.218. The molecule has 1 N–H and O–H groups in total. The molecule has 2 unspecified atom stereocenters. The third-order valence-corrected chi connectivity index (χ3v) is 4.27. The molecule has 0 fully saturated rings. The lowest BCUT2D eigenvalue weighted by Gasteiger charge is -2.23. The molecule has 0 aliphatic carbocycles. The van der Waals surface area contributed by atoms with E-state index in [9.17, 15) is 0 Å².